The normalized spacial score (nSPS) is 29.9. The topological polar surface area (TPSA) is 75.3 Å². The standard InChI is InChI=1S/C15H30N2O2/c1-11-5-7-15(19,8-6-11)10-17-13(18)9-12(16)14(2,3)4/h11-12,19H,5-10,16H2,1-4H3,(H,17,18). The van der Waals surface area contributed by atoms with Crippen molar-refractivity contribution in [2.75, 3.05) is 6.54 Å². The molecule has 0 heterocycles. The molecule has 0 aromatic carbocycles. The Labute approximate surface area is 117 Å². The molecule has 0 aliphatic heterocycles. The van der Waals surface area contributed by atoms with E-state index in [1.807, 2.05) is 20.8 Å². The van der Waals surface area contributed by atoms with Gasteiger partial charge in [-0.3, -0.25) is 4.79 Å². The van der Waals surface area contributed by atoms with E-state index >= 15 is 0 Å². The van der Waals surface area contributed by atoms with Crippen molar-refractivity contribution in [3.05, 3.63) is 0 Å². The summed E-state index contributed by atoms with van der Waals surface area (Å²) in [6, 6.07) is -0.159. The summed E-state index contributed by atoms with van der Waals surface area (Å²) in [7, 11) is 0. The molecule has 4 heteroatoms. The van der Waals surface area contributed by atoms with Gasteiger partial charge in [0.15, 0.2) is 0 Å². The van der Waals surface area contributed by atoms with E-state index < -0.39 is 5.60 Å². The Morgan fingerprint density at radius 3 is 2.42 bits per heavy atom. The van der Waals surface area contributed by atoms with Gasteiger partial charge in [0.25, 0.3) is 0 Å². The highest BCUT2D eigenvalue weighted by molar-refractivity contribution is 5.76. The number of aliphatic hydroxyl groups is 1. The van der Waals surface area contributed by atoms with Crippen molar-refractivity contribution in [1.29, 1.82) is 0 Å². The van der Waals surface area contributed by atoms with Crippen molar-refractivity contribution < 1.29 is 9.90 Å². The van der Waals surface area contributed by atoms with Crippen LogP contribution in [-0.4, -0.2) is 29.2 Å². The van der Waals surface area contributed by atoms with Gasteiger partial charge in [-0.15, -0.1) is 0 Å². The fourth-order valence-corrected chi connectivity index (χ4v) is 2.32. The molecule has 1 rings (SSSR count). The van der Waals surface area contributed by atoms with Gasteiger partial charge in [-0.1, -0.05) is 27.7 Å². The molecule has 112 valence electrons. The lowest BCUT2D eigenvalue weighted by molar-refractivity contribution is -0.123. The summed E-state index contributed by atoms with van der Waals surface area (Å²) in [5.74, 6) is 0.625. The van der Waals surface area contributed by atoms with Crippen LogP contribution in [0.15, 0.2) is 0 Å². The highest BCUT2D eigenvalue weighted by atomic mass is 16.3. The first-order valence-corrected chi connectivity index (χ1v) is 7.37. The lowest BCUT2D eigenvalue weighted by atomic mass is 9.79. The average molecular weight is 270 g/mol. The van der Waals surface area contributed by atoms with E-state index in [4.69, 9.17) is 5.73 Å². The third-order valence-electron chi connectivity index (χ3n) is 4.34. The van der Waals surface area contributed by atoms with Gasteiger partial charge in [-0.05, 0) is 37.0 Å². The van der Waals surface area contributed by atoms with Crippen LogP contribution >= 0.6 is 0 Å². The predicted molar refractivity (Wildman–Crippen MR) is 77.6 cm³/mol. The molecule has 1 atom stereocenters. The molecule has 0 saturated heterocycles. The number of rotatable bonds is 4. The summed E-state index contributed by atoms with van der Waals surface area (Å²) in [6.07, 6.45) is 3.94. The smallest absolute Gasteiger partial charge is 0.221 e. The Kier molecular flexibility index (Phi) is 5.39. The maximum absolute atomic E-state index is 11.8. The molecule has 1 fully saturated rings. The number of carbonyl (C=O) groups is 1. The van der Waals surface area contributed by atoms with Crippen molar-refractivity contribution in [1.82, 2.24) is 5.32 Å². The molecule has 4 N–H and O–H groups in total. The number of hydrogen-bond acceptors (Lipinski definition) is 3. The van der Waals surface area contributed by atoms with Crippen LogP contribution in [0.2, 0.25) is 0 Å². The quantitative estimate of drug-likeness (QED) is 0.729. The first kappa shape index (κ1) is 16.4. The Hall–Kier alpha value is -0.610. The van der Waals surface area contributed by atoms with Gasteiger partial charge < -0.3 is 16.2 Å². The van der Waals surface area contributed by atoms with Crippen molar-refractivity contribution in [2.24, 2.45) is 17.1 Å². The Bertz CT molecular complexity index is 302. The summed E-state index contributed by atoms with van der Waals surface area (Å²) < 4.78 is 0. The molecule has 1 aliphatic rings. The molecule has 0 radical (unpaired) electrons. The first-order valence-electron chi connectivity index (χ1n) is 7.37. The van der Waals surface area contributed by atoms with Gasteiger partial charge in [-0.2, -0.15) is 0 Å². The maximum atomic E-state index is 11.8. The third kappa shape index (κ3) is 5.49. The Morgan fingerprint density at radius 2 is 1.95 bits per heavy atom. The fourth-order valence-electron chi connectivity index (χ4n) is 2.32. The van der Waals surface area contributed by atoms with Gasteiger partial charge >= 0.3 is 0 Å². The van der Waals surface area contributed by atoms with Gasteiger partial charge in [0.05, 0.1) is 5.60 Å². The van der Waals surface area contributed by atoms with E-state index in [0.717, 1.165) is 25.7 Å². The number of nitrogens with two attached hydrogens (primary N) is 1. The van der Waals surface area contributed by atoms with Crippen LogP contribution in [0.25, 0.3) is 0 Å². The number of nitrogens with one attached hydrogen (secondary N) is 1. The number of amides is 1. The van der Waals surface area contributed by atoms with Gasteiger partial charge in [-0.25, -0.2) is 0 Å². The van der Waals surface area contributed by atoms with Crippen LogP contribution in [0, 0.1) is 11.3 Å². The second-order valence-corrected chi connectivity index (χ2v) is 7.36. The lowest BCUT2D eigenvalue weighted by Crippen LogP contribution is -2.47. The van der Waals surface area contributed by atoms with Crippen LogP contribution < -0.4 is 11.1 Å². The van der Waals surface area contributed by atoms with Crippen LogP contribution in [0.3, 0.4) is 0 Å². The zero-order valence-electron chi connectivity index (χ0n) is 12.8. The molecule has 4 nitrogen and oxygen atoms in total. The van der Waals surface area contributed by atoms with E-state index in [1.54, 1.807) is 0 Å². The van der Waals surface area contributed by atoms with E-state index in [9.17, 15) is 9.90 Å². The van der Waals surface area contributed by atoms with Crippen LogP contribution in [-0.2, 0) is 4.79 Å². The number of hydrogen-bond donors (Lipinski definition) is 3. The molecule has 0 aromatic heterocycles. The second-order valence-electron chi connectivity index (χ2n) is 7.36. The van der Waals surface area contributed by atoms with Crippen molar-refractivity contribution in [3.63, 3.8) is 0 Å². The molecule has 0 bridgehead atoms. The average Bonchev–Trinajstić information content (AvgIpc) is 2.30. The van der Waals surface area contributed by atoms with Crippen LogP contribution in [0.4, 0.5) is 0 Å². The molecule has 19 heavy (non-hydrogen) atoms. The summed E-state index contributed by atoms with van der Waals surface area (Å²) >= 11 is 0. The first-order chi connectivity index (χ1) is 8.62. The zero-order valence-corrected chi connectivity index (χ0v) is 12.8. The van der Waals surface area contributed by atoms with Crippen molar-refractivity contribution in [2.45, 2.75) is 71.4 Å². The third-order valence-corrected chi connectivity index (χ3v) is 4.34. The highest BCUT2D eigenvalue weighted by Gasteiger charge is 2.32. The summed E-state index contributed by atoms with van der Waals surface area (Å²) in [5, 5.41) is 13.2. The molecule has 1 amide bonds. The summed E-state index contributed by atoms with van der Waals surface area (Å²) in [5.41, 5.74) is 5.20. The van der Waals surface area contributed by atoms with E-state index in [-0.39, 0.29) is 17.4 Å². The van der Waals surface area contributed by atoms with Crippen LogP contribution in [0.5, 0.6) is 0 Å². The summed E-state index contributed by atoms with van der Waals surface area (Å²) in [6.45, 7) is 8.65. The summed E-state index contributed by atoms with van der Waals surface area (Å²) in [4.78, 5) is 11.8. The molecule has 1 unspecified atom stereocenters. The SMILES string of the molecule is CC1CCC(O)(CNC(=O)CC(N)C(C)(C)C)CC1. The van der Waals surface area contributed by atoms with Gasteiger partial charge in [0.2, 0.25) is 5.91 Å². The zero-order chi connectivity index (χ0) is 14.7. The second kappa shape index (κ2) is 6.23. The highest BCUT2D eigenvalue weighted by Crippen LogP contribution is 2.31. The van der Waals surface area contributed by atoms with Crippen molar-refractivity contribution in [3.8, 4) is 0 Å². The van der Waals surface area contributed by atoms with Crippen LogP contribution in [0.1, 0.15) is 59.8 Å². The minimum atomic E-state index is -0.714. The molecular weight excluding hydrogens is 240 g/mol. The Morgan fingerprint density at radius 1 is 1.42 bits per heavy atom. The Balaban J connectivity index is 2.34. The van der Waals surface area contributed by atoms with E-state index in [0.29, 0.717) is 18.9 Å². The predicted octanol–water partition coefficient (Wildman–Crippen LogP) is 1.81. The lowest BCUT2D eigenvalue weighted by Gasteiger charge is -2.35. The molecule has 0 aromatic rings. The van der Waals surface area contributed by atoms with E-state index in [1.165, 1.54) is 0 Å². The van der Waals surface area contributed by atoms with Gasteiger partial charge in [0, 0.05) is 19.0 Å². The molecular formula is C15H30N2O2. The molecule has 0 spiro atoms. The van der Waals surface area contributed by atoms with Gasteiger partial charge in [0.1, 0.15) is 0 Å². The minimum Gasteiger partial charge on any atom is -0.388 e. The number of carbonyl (C=O) groups excluding carboxylic acids is 1. The largest absolute Gasteiger partial charge is 0.388 e. The minimum absolute atomic E-state index is 0.0607. The van der Waals surface area contributed by atoms with Crippen molar-refractivity contribution >= 4 is 5.91 Å². The molecule has 1 saturated carbocycles. The fraction of sp³-hybridized carbons (Fsp3) is 0.933. The monoisotopic (exact) mass is 270 g/mol. The molecule has 1 aliphatic carbocycles. The maximum Gasteiger partial charge on any atom is 0.221 e. The van der Waals surface area contributed by atoms with E-state index in [2.05, 4.69) is 12.2 Å².